The zero-order valence-corrected chi connectivity index (χ0v) is 17.3. The normalized spacial score (nSPS) is 13.0. The van der Waals surface area contributed by atoms with Gasteiger partial charge in [0.05, 0.1) is 0 Å². The molecule has 156 valence electrons. The Morgan fingerprint density at radius 1 is 1.10 bits per heavy atom. The minimum Gasteiger partial charge on any atom is -0.354 e. The van der Waals surface area contributed by atoms with Gasteiger partial charge in [-0.25, -0.2) is 4.39 Å². The topological polar surface area (TPSA) is 68.2 Å². The first-order chi connectivity index (χ1) is 13.9. The number of hydrogen-bond acceptors (Lipinski definition) is 3. The molecule has 2 rings (SSSR count). The van der Waals surface area contributed by atoms with E-state index in [0.717, 1.165) is 35.8 Å². The summed E-state index contributed by atoms with van der Waals surface area (Å²) in [7, 11) is 0. The summed E-state index contributed by atoms with van der Waals surface area (Å²) in [6, 6.07) is 6.62. The van der Waals surface area contributed by atoms with E-state index in [1.54, 1.807) is 13.0 Å². The van der Waals surface area contributed by atoms with Crippen LogP contribution in [0.3, 0.4) is 0 Å². The lowest BCUT2D eigenvalue weighted by atomic mass is 9.98. The molecule has 6 heteroatoms. The van der Waals surface area contributed by atoms with Crippen molar-refractivity contribution in [3.63, 3.8) is 0 Å². The largest absolute Gasteiger partial charge is 0.354 e. The van der Waals surface area contributed by atoms with Gasteiger partial charge in [0, 0.05) is 24.4 Å². The number of nitrogens with zero attached hydrogens (tertiary/aromatic N) is 1. The van der Waals surface area contributed by atoms with Gasteiger partial charge in [0.25, 0.3) is 11.5 Å². The van der Waals surface area contributed by atoms with Crippen molar-refractivity contribution in [1.82, 2.24) is 9.88 Å². The molecular weight excluding hydrogens is 371 g/mol. The van der Waals surface area contributed by atoms with Crippen LogP contribution in [0.15, 0.2) is 47.4 Å². The molecule has 0 aliphatic carbocycles. The number of Topliss-reactive ketones (excluding diaryl/α,β-unsaturated/α-hetero) is 1. The van der Waals surface area contributed by atoms with Gasteiger partial charge in [-0.3, -0.25) is 19.0 Å². The molecule has 0 aliphatic rings. The van der Waals surface area contributed by atoms with E-state index in [4.69, 9.17) is 0 Å². The lowest BCUT2D eigenvalue weighted by molar-refractivity contribution is -0.123. The number of hydrogen-bond donors (Lipinski definition) is 1. The van der Waals surface area contributed by atoms with E-state index in [-0.39, 0.29) is 5.56 Å². The molecule has 0 aliphatic heterocycles. The Kier molecular flexibility index (Phi) is 8.31. The summed E-state index contributed by atoms with van der Waals surface area (Å²) in [6.45, 7) is 6.42. The summed E-state index contributed by atoms with van der Waals surface area (Å²) in [5, 5.41) is 2.86. The zero-order chi connectivity index (χ0) is 21.4. The molecule has 0 radical (unpaired) electrons. The van der Waals surface area contributed by atoms with Crippen LogP contribution in [0.2, 0.25) is 0 Å². The van der Waals surface area contributed by atoms with Gasteiger partial charge in [-0.15, -0.1) is 0 Å². The monoisotopic (exact) mass is 400 g/mol. The highest BCUT2D eigenvalue weighted by atomic mass is 19.1. The van der Waals surface area contributed by atoms with Crippen LogP contribution >= 0.6 is 0 Å². The number of halogens is 1. The Balaban J connectivity index is 2.32. The third-order valence-electron chi connectivity index (χ3n) is 5.10. The summed E-state index contributed by atoms with van der Waals surface area (Å²) in [4.78, 5) is 38.5. The van der Waals surface area contributed by atoms with Gasteiger partial charge in [0.15, 0.2) is 11.8 Å². The number of carbonyl (C=O) groups excluding carboxylic acids is 2. The molecule has 0 fully saturated rings. The number of carbonyl (C=O) groups is 2. The van der Waals surface area contributed by atoms with E-state index >= 15 is 0 Å². The third-order valence-corrected chi connectivity index (χ3v) is 5.10. The van der Waals surface area contributed by atoms with E-state index in [0.29, 0.717) is 12.5 Å². The predicted molar refractivity (Wildman–Crippen MR) is 112 cm³/mol. The van der Waals surface area contributed by atoms with Crippen LogP contribution in [0.25, 0.3) is 0 Å². The quantitative estimate of drug-likeness (QED) is 0.483. The second kappa shape index (κ2) is 10.7. The number of amides is 1. The second-order valence-electron chi connectivity index (χ2n) is 7.39. The van der Waals surface area contributed by atoms with Crippen molar-refractivity contribution in [2.24, 2.45) is 5.92 Å². The van der Waals surface area contributed by atoms with Crippen molar-refractivity contribution >= 4 is 11.7 Å². The minimum absolute atomic E-state index is 0.179. The summed E-state index contributed by atoms with van der Waals surface area (Å²) in [5.74, 6) is -1.23. The van der Waals surface area contributed by atoms with E-state index in [1.165, 1.54) is 36.5 Å². The molecule has 0 saturated heterocycles. The third kappa shape index (κ3) is 6.11. The Hall–Kier alpha value is -2.76. The Morgan fingerprint density at radius 2 is 1.79 bits per heavy atom. The first-order valence-corrected chi connectivity index (χ1v) is 10.1. The maximum atomic E-state index is 13.3. The Labute approximate surface area is 170 Å². The van der Waals surface area contributed by atoms with Crippen LogP contribution in [0.1, 0.15) is 61.5 Å². The van der Waals surface area contributed by atoms with Gasteiger partial charge < -0.3 is 5.32 Å². The molecular formula is C23H29FN2O3. The summed E-state index contributed by atoms with van der Waals surface area (Å²) < 4.78 is 14.4. The second-order valence-corrected chi connectivity index (χ2v) is 7.39. The van der Waals surface area contributed by atoms with Crippen LogP contribution in [0.4, 0.5) is 4.39 Å². The van der Waals surface area contributed by atoms with E-state index in [9.17, 15) is 18.8 Å². The molecule has 0 bridgehead atoms. The highest BCUT2D eigenvalue weighted by molar-refractivity contribution is 6.11. The molecule has 5 nitrogen and oxygen atoms in total. The van der Waals surface area contributed by atoms with Crippen molar-refractivity contribution < 1.29 is 14.0 Å². The van der Waals surface area contributed by atoms with Crippen molar-refractivity contribution in [2.45, 2.75) is 52.5 Å². The molecule has 0 saturated carbocycles. The smallest absolute Gasteiger partial charge is 0.251 e. The van der Waals surface area contributed by atoms with Crippen molar-refractivity contribution in [1.29, 1.82) is 0 Å². The standard InChI is InChI=1S/C23H29FN2O3/c1-4-6-7-17(5-2)14-25-23(29)21(26-15-16(3)8-13-20(26)27)22(28)18-9-11-19(24)12-10-18/h8-13,15,17,21H,4-7,14H2,1-3H3,(H,25,29)/t17-,21-/m1/s1. The molecule has 29 heavy (non-hydrogen) atoms. The zero-order valence-electron chi connectivity index (χ0n) is 17.3. The Morgan fingerprint density at radius 3 is 2.41 bits per heavy atom. The summed E-state index contributed by atoms with van der Waals surface area (Å²) >= 11 is 0. The maximum Gasteiger partial charge on any atom is 0.251 e. The van der Waals surface area contributed by atoms with Gasteiger partial charge >= 0.3 is 0 Å². The van der Waals surface area contributed by atoms with Gasteiger partial charge in [-0.2, -0.15) is 0 Å². The van der Waals surface area contributed by atoms with Crippen molar-refractivity contribution in [3.05, 3.63) is 69.9 Å². The van der Waals surface area contributed by atoms with Crippen molar-refractivity contribution in [2.75, 3.05) is 6.54 Å². The molecule has 2 atom stereocenters. The predicted octanol–water partition coefficient (Wildman–Crippen LogP) is 4.05. The number of aryl methyl sites for hydroxylation is 1. The van der Waals surface area contributed by atoms with E-state index in [1.807, 2.05) is 0 Å². The molecule has 0 spiro atoms. The van der Waals surface area contributed by atoms with Gasteiger partial charge in [-0.05, 0) is 49.1 Å². The number of nitrogens with one attached hydrogen (secondary N) is 1. The molecule has 1 N–H and O–H groups in total. The van der Waals surface area contributed by atoms with Gasteiger partial charge in [0.2, 0.25) is 0 Å². The molecule has 1 heterocycles. The summed E-state index contributed by atoms with van der Waals surface area (Å²) in [5.41, 5.74) is 0.492. The van der Waals surface area contributed by atoms with E-state index < -0.39 is 29.1 Å². The first-order valence-electron chi connectivity index (χ1n) is 10.1. The maximum absolute atomic E-state index is 13.3. The number of ketones is 1. The fraction of sp³-hybridized carbons (Fsp3) is 0.435. The van der Waals surface area contributed by atoms with Crippen LogP contribution in [-0.2, 0) is 4.79 Å². The average molecular weight is 400 g/mol. The Bertz CT molecular complexity index is 890. The molecule has 1 aromatic heterocycles. The van der Waals surface area contributed by atoms with Crippen LogP contribution in [0, 0.1) is 18.7 Å². The number of rotatable bonds is 10. The van der Waals surface area contributed by atoms with Crippen molar-refractivity contribution in [3.8, 4) is 0 Å². The minimum atomic E-state index is -1.34. The highest BCUT2D eigenvalue weighted by Crippen LogP contribution is 2.17. The number of aromatic nitrogens is 1. The van der Waals surface area contributed by atoms with Crippen LogP contribution in [-0.4, -0.2) is 22.8 Å². The lowest BCUT2D eigenvalue weighted by Crippen LogP contribution is -2.42. The van der Waals surface area contributed by atoms with Gasteiger partial charge in [-0.1, -0.05) is 39.2 Å². The van der Waals surface area contributed by atoms with E-state index in [2.05, 4.69) is 19.2 Å². The van der Waals surface area contributed by atoms with Crippen LogP contribution in [0.5, 0.6) is 0 Å². The average Bonchev–Trinajstić information content (AvgIpc) is 2.71. The highest BCUT2D eigenvalue weighted by Gasteiger charge is 2.30. The van der Waals surface area contributed by atoms with Crippen LogP contribution < -0.4 is 10.9 Å². The number of pyridine rings is 1. The number of benzene rings is 1. The first kappa shape index (κ1) is 22.5. The van der Waals surface area contributed by atoms with Gasteiger partial charge in [0.1, 0.15) is 5.82 Å². The fourth-order valence-corrected chi connectivity index (χ4v) is 3.25. The molecule has 2 aromatic rings. The lowest BCUT2D eigenvalue weighted by Gasteiger charge is -2.21. The fourth-order valence-electron chi connectivity index (χ4n) is 3.25. The summed E-state index contributed by atoms with van der Waals surface area (Å²) in [6.07, 6.45) is 5.57. The number of unbranched alkanes of at least 4 members (excludes halogenated alkanes) is 1. The molecule has 1 amide bonds. The molecule has 0 unspecified atom stereocenters. The molecule has 1 aromatic carbocycles. The SMILES string of the molecule is CCCC[C@@H](CC)CNC(=O)[C@@H](C(=O)c1ccc(F)cc1)n1cc(C)ccc1=O.